The summed E-state index contributed by atoms with van der Waals surface area (Å²) in [5.74, 6) is -3.77. The maximum absolute atomic E-state index is 13.8. The molecule has 0 aliphatic carbocycles. The van der Waals surface area contributed by atoms with E-state index in [1.54, 1.807) is 0 Å². The van der Waals surface area contributed by atoms with Gasteiger partial charge in [0.2, 0.25) is 5.79 Å². The zero-order valence-corrected chi connectivity index (χ0v) is 10.6. The van der Waals surface area contributed by atoms with Crippen LogP contribution < -0.4 is 5.73 Å². The molecule has 0 spiro atoms. The molecule has 19 heavy (non-hydrogen) atoms. The first-order valence-corrected chi connectivity index (χ1v) is 5.52. The zero-order valence-electron chi connectivity index (χ0n) is 10.6. The van der Waals surface area contributed by atoms with Gasteiger partial charge in [0.25, 0.3) is 0 Å². The van der Waals surface area contributed by atoms with Gasteiger partial charge in [-0.1, -0.05) is 13.0 Å². The van der Waals surface area contributed by atoms with Gasteiger partial charge in [-0.15, -0.1) is 0 Å². The van der Waals surface area contributed by atoms with Gasteiger partial charge in [-0.05, 0) is 12.1 Å². The third-order valence-electron chi connectivity index (χ3n) is 2.48. The summed E-state index contributed by atoms with van der Waals surface area (Å²) in [6, 6.07) is 3.25. The van der Waals surface area contributed by atoms with Crippen LogP contribution in [0, 0.1) is 11.6 Å². The first-order chi connectivity index (χ1) is 8.96. The lowest BCUT2D eigenvalue weighted by molar-refractivity contribution is -0.252. The Hall–Kier alpha value is -1.73. The van der Waals surface area contributed by atoms with Gasteiger partial charge < -0.3 is 19.9 Å². The number of ether oxygens (including phenoxy) is 3. The second kappa shape index (κ2) is 6.44. The highest BCUT2D eigenvalue weighted by atomic mass is 19.1. The van der Waals surface area contributed by atoms with Gasteiger partial charge in [0.1, 0.15) is 11.6 Å². The van der Waals surface area contributed by atoms with Crippen LogP contribution >= 0.6 is 0 Å². The van der Waals surface area contributed by atoms with Gasteiger partial charge in [0, 0.05) is 13.5 Å². The number of benzene rings is 1. The monoisotopic (exact) mass is 275 g/mol. The van der Waals surface area contributed by atoms with Crippen LogP contribution in [0.1, 0.15) is 18.9 Å². The van der Waals surface area contributed by atoms with Crippen LogP contribution in [-0.4, -0.2) is 20.0 Å². The average Bonchev–Trinajstić information content (AvgIpc) is 2.34. The summed E-state index contributed by atoms with van der Waals surface area (Å²) < 4.78 is 42.3. The molecule has 0 aromatic heterocycles. The van der Waals surface area contributed by atoms with Crippen molar-refractivity contribution < 1.29 is 27.8 Å². The fraction of sp³-hybridized carbons (Fsp3) is 0.417. The molecule has 1 rings (SSSR count). The van der Waals surface area contributed by atoms with E-state index in [1.165, 1.54) is 20.1 Å². The van der Waals surface area contributed by atoms with Gasteiger partial charge in [-0.2, -0.15) is 0 Å². The molecule has 1 unspecified atom stereocenters. The summed E-state index contributed by atoms with van der Waals surface area (Å²) in [6.45, 7) is 1.21. The summed E-state index contributed by atoms with van der Waals surface area (Å²) in [5.41, 5.74) is 4.42. The van der Waals surface area contributed by atoms with Crippen molar-refractivity contribution in [2.24, 2.45) is 5.73 Å². The van der Waals surface area contributed by atoms with Gasteiger partial charge >= 0.3 is 6.09 Å². The van der Waals surface area contributed by atoms with Crippen LogP contribution in [0.3, 0.4) is 0 Å². The van der Waals surface area contributed by atoms with E-state index in [0.29, 0.717) is 0 Å². The number of rotatable bonds is 6. The smallest absolute Gasteiger partial charge is 0.407 e. The number of amides is 1. The number of methoxy groups -OCH3 is 1. The molecule has 0 fully saturated rings. The zero-order chi connectivity index (χ0) is 14.5. The lowest BCUT2D eigenvalue weighted by Gasteiger charge is -2.32. The summed E-state index contributed by atoms with van der Waals surface area (Å²) in [4.78, 5) is 11.0. The van der Waals surface area contributed by atoms with Crippen LogP contribution in [0.25, 0.3) is 0 Å². The maximum atomic E-state index is 13.8. The normalized spacial score (nSPS) is 13.9. The van der Waals surface area contributed by atoms with Crippen molar-refractivity contribution in [1.29, 1.82) is 0 Å². The first-order valence-electron chi connectivity index (χ1n) is 5.52. The van der Waals surface area contributed by atoms with Crippen LogP contribution in [0.15, 0.2) is 18.2 Å². The fourth-order valence-corrected chi connectivity index (χ4v) is 1.68. The number of hydrogen-bond acceptors (Lipinski definition) is 4. The van der Waals surface area contributed by atoms with E-state index in [-0.39, 0.29) is 13.2 Å². The highest BCUT2D eigenvalue weighted by Gasteiger charge is 2.40. The molecule has 106 valence electrons. The Morgan fingerprint density at radius 2 is 1.95 bits per heavy atom. The summed E-state index contributed by atoms with van der Waals surface area (Å²) in [7, 11) is 1.32. The molecule has 5 nitrogen and oxygen atoms in total. The second-order valence-corrected chi connectivity index (χ2v) is 3.68. The molecule has 0 aliphatic heterocycles. The van der Waals surface area contributed by atoms with Crippen molar-refractivity contribution >= 4 is 6.09 Å². The molecular weight excluding hydrogens is 260 g/mol. The number of carbonyl (C=O) groups excluding carboxylic acids is 1. The van der Waals surface area contributed by atoms with Crippen molar-refractivity contribution in [2.45, 2.75) is 19.1 Å². The van der Waals surface area contributed by atoms with Crippen molar-refractivity contribution in [3.8, 4) is 0 Å². The fourth-order valence-electron chi connectivity index (χ4n) is 1.68. The Kier molecular flexibility index (Phi) is 5.20. The predicted octanol–water partition coefficient (Wildman–Crippen LogP) is 2.24. The lowest BCUT2D eigenvalue weighted by atomic mass is 10.0. The van der Waals surface area contributed by atoms with Crippen molar-refractivity contribution in [3.63, 3.8) is 0 Å². The van der Waals surface area contributed by atoms with E-state index in [4.69, 9.17) is 15.2 Å². The van der Waals surface area contributed by atoms with E-state index in [2.05, 4.69) is 4.74 Å². The number of nitrogens with two attached hydrogens (primary N) is 1. The Balaban J connectivity index is 3.31. The summed E-state index contributed by atoms with van der Waals surface area (Å²) in [6.07, 6.45) is -1.25. The van der Waals surface area contributed by atoms with E-state index in [9.17, 15) is 13.6 Å². The van der Waals surface area contributed by atoms with Gasteiger partial charge in [0.05, 0.1) is 5.56 Å². The second-order valence-electron chi connectivity index (χ2n) is 3.68. The number of primary amides is 1. The van der Waals surface area contributed by atoms with Crippen LogP contribution in [0.2, 0.25) is 0 Å². The molecule has 0 radical (unpaired) electrons. The third kappa shape index (κ3) is 3.39. The quantitative estimate of drug-likeness (QED) is 0.808. The number of halogens is 2. The van der Waals surface area contributed by atoms with E-state index in [0.717, 1.165) is 12.1 Å². The van der Waals surface area contributed by atoms with Crippen LogP contribution in [0.5, 0.6) is 0 Å². The van der Waals surface area contributed by atoms with Crippen molar-refractivity contribution in [3.05, 3.63) is 35.4 Å². The highest BCUT2D eigenvalue weighted by Crippen LogP contribution is 2.34. The van der Waals surface area contributed by atoms with Gasteiger partial charge in [0.15, 0.2) is 6.79 Å². The molecule has 0 saturated heterocycles. The third-order valence-corrected chi connectivity index (χ3v) is 2.48. The minimum Gasteiger partial charge on any atom is -0.412 e. The van der Waals surface area contributed by atoms with Gasteiger partial charge in [-0.25, -0.2) is 13.6 Å². The molecule has 1 atom stereocenters. The van der Waals surface area contributed by atoms with Gasteiger partial charge in [-0.3, -0.25) is 0 Å². The van der Waals surface area contributed by atoms with E-state index >= 15 is 0 Å². The van der Waals surface area contributed by atoms with Crippen LogP contribution in [0.4, 0.5) is 13.6 Å². The predicted molar refractivity (Wildman–Crippen MR) is 62.0 cm³/mol. The van der Waals surface area contributed by atoms with Crippen LogP contribution in [-0.2, 0) is 20.0 Å². The maximum Gasteiger partial charge on any atom is 0.407 e. The molecule has 1 amide bonds. The topological polar surface area (TPSA) is 70.8 Å². The summed E-state index contributed by atoms with van der Waals surface area (Å²) >= 11 is 0. The molecule has 1 aromatic carbocycles. The molecule has 1 aromatic rings. The molecule has 2 N–H and O–H groups in total. The standard InChI is InChI=1S/C12H15F2NO4/c1-3-12(18-7-17-2,19-11(15)16)10-8(13)5-4-6-9(10)14/h4-6H,3,7H2,1-2H3,(H2,15,16). The number of hydrogen-bond donors (Lipinski definition) is 1. The Morgan fingerprint density at radius 1 is 1.37 bits per heavy atom. The molecule has 0 bridgehead atoms. The molecular formula is C12H15F2NO4. The molecule has 0 aliphatic rings. The molecule has 0 heterocycles. The number of carbonyl (C=O) groups is 1. The minimum atomic E-state index is -1.96. The van der Waals surface area contributed by atoms with E-state index in [1.807, 2.05) is 0 Å². The Bertz CT molecular complexity index is 435. The first kappa shape index (κ1) is 15.3. The molecule has 7 heteroatoms. The molecule has 0 saturated carbocycles. The average molecular weight is 275 g/mol. The lowest BCUT2D eigenvalue weighted by Crippen LogP contribution is -2.39. The van der Waals surface area contributed by atoms with Crippen molar-refractivity contribution in [2.75, 3.05) is 13.9 Å². The van der Waals surface area contributed by atoms with Crippen molar-refractivity contribution in [1.82, 2.24) is 0 Å². The largest absolute Gasteiger partial charge is 0.412 e. The minimum absolute atomic E-state index is 0.0445. The summed E-state index contributed by atoms with van der Waals surface area (Å²) in [5, 5.41) is 0. The highest BCUT2D eigenvalue weighted by molar-refractivity contribution is 5.65. The SMILES string of the molecule is CCC(OCOC)(OC(N)=O)c1c(F)cccc1F. The Labute approximate surface area is 109 Å². The Morgan fingerprint density at radius 3 is 2.37 bits per heavy atom. The van der Waals surface area contributed by atoms with E-state index < -0.39 is 29.1 Å².